The maximum Gasteiger partial charge on any atom is 0.306 e. The number of piperidine rings is 1. The van der Waals surface area contributed by atoms with Gasteiger partial charge >= 0.3 is 5.97 Å². The Balaban J connectivity index is 2.68. The first kappa shape index (κ1) is 18.4. The lowest BCUT2D eigenvalue weighted by Gasteiger charge is -2.36. The van der Waals surface area contributed by atoms with Crippen LogP contribution in [0.4, 0.5) is 0 Å². The van der Waals surface area contributed by atoms with Crippen molar-refractivity contribution >= 4 is 16.2 Å². The summed E-state index contributed by atoms with van der Waals surface area (Å²) in [7, 11) is -3.57. The van der Waals surface area contributed by atoms with E-state index in [0.717, 1.165) is 0 Å². The summed E-state index contributed by atoms with van der Waals surface area (Å²) in [5.41, 5.74) is -0.525. The van der Waals surface area contributed by atoms with Crippen LogP contribution in [-0.4, -0.2) is 42.4 Å². The van der Waals surface area contributed by atoms with Gasteiger partial charge in [-0.1, -0.05) is 20.8 Å². The van der Waals surface area contributed by atoms with E-state index in [2.05, 4.69) is 25.5 Å². The summed E-state index contributed by atoms with van der Waals surface area (Å²) in [5.74, 6) is -1.27. The molecule has 0 atom stereocenters. The van der Waals surface area contributed by atoms with Crippen LogP contribution < -0.4 is 4.72 Å². The largest absolute Gasteiger partial charge is 0.481 e. The van der Waals surface area contributed by atoms with Gasteiger partial charge < -0.3 is 5.11 Å². The quantitative estimate of drug-likeness (QED) is 0.809. The number of carboxylic acids is 1. The fourth-order valence-corrected chi connectivity index (χ4v) is 4.71. The molecule has 0 aliphatic carbocycles. The van der Waals surface area contributed by atoms with E-state index in [9.17, 15) is 13.2 Å². The third kappa shape index (κ3) is 5.92. The van der Waals surface area contributed by atoms with Gasteiger partial charge in [-0.05, 0) is 38.5 Å². The topological polar surface area (TPSA) is 86.7 Å². The molecule has 21 heavy (non-hydrogen) atoms. The van der Waals surface area contributed by atoms with Crippen molar-refractivity contribution in [2.24, 2.45) is 11.3 Å². The van der Waals surface area contributed by atoms with Crippen molar-refractivity contribution in [3.8, 4) is 0 Å². The second kappa shape index (κ2) is 6.22. The Labute approximate surface area is 128 Å². The molecule has 1 fully saturated rings. The van der Waals surface area contributed by atoms with Gasteiger partial charge in [0.2, 0.25) is 0 Å². The van der Waals surface area contributed by atoms with Crippen LogP contribution in [0.15, 0.2) is 0 Å². The zero-order chi connectivity index (χ0) is 16.5. The number of nitrogens with zero attached hydrogens (tertiary/aromatic N) is 1. The van der Waals surface area contributed by atoms with E-state index in [1.54, 1.807) is 0 Å². The number of hydrogen-bond acceptors (Lipinski definition) is 3. The first-order chi connectivity index (χ1) is 9.32. The van der Waals surface area contributed by atoms with E-state index in [4.69, 9.17) is 5.11 Å². The van der Waals surface area contributed by atoms with Crippen LogP contribution in [0.3, 0.4) is 0 Å². The van der Waals surface area contributed by atoms with Crippen molar-refractivity contribution in [2.45, 2.75) is 59.4 Å². The summed E-state index contributed by atoms with van der Waals surface area (Å²) in [6, 6.07) is 0. The summed E-state index contributed by atoms with van der Waals surface area (Å²) >= 11 is 0. The van der Waals surface area contributed by atoms with Gasteiger partial charge in [-0.15, -0.1) is 0 Å². The number of rotatable bonds is 5. The first-order valence-electron chi connectivity index (χ1n) is 7.34. The molecule has 0 spiro atoms. The lowest BCUT2D eigenvalue weighted by Crippen LogP contribution is -2.53. The van der Waals surface area contributed by atoms with Gasteiger partial charge in [-0.3, -0.25) is 4.79 Å². The first-order valence-corrected chi connectivity index (χ1v) is 8.78. The second-order valence-electron chi connectivity index (χ2n) is 7.74. The minimum absolute atomic E-state index is 0.0162. The van der Waals surface area contributed by atoms with Gasteiger partial charge in [0.15, 0.2) is 0 Å². The van der Waals surface area contributed by atoms with Crippen LogP contribution in [-0.2, 0) is 15.0 Å². The molecule has 1 rings (SSSR count). The van der Waals surface area contributed by atoms with Crippen LogP contribution in [0.2, 0.25) is 0 Å². The molecular formula is C14H28N2O4S. The van der Waals surface area contributed by atoms with Crippen LogP contribution in [0.5, 0.6) is 0 Å². The third-order valence-electron chi connectivity index (χ3n) is 3.52. The van der Waals surface area contributed by atoms with Crippen molar-refractivity contribution < 1.29 is 18.3 Å². The second-order valence-corrected chi connectivity index (χ2v) is 9.41. The van der Waals surface area contributed by atoms with Gasteiger partial charge in [-0.2, -0.15) is 17.4 Å². The molecule has 7 heteroatoms. The number of carbonyl (C=O) groups is 1. The van der Waals surface area contributed by atoms with Crippen molar-refractivity contribution in [2.75, 3.05) is 13.1 Å². The van der Waals surface area contributed by atoms with E-state index < -0.39 is 27.6 Å². The fraction of sp³-hybridized carbons (Fsp3) is 0.929. The summed E-state index contributed by atoms with van der Waals surface area (Å²) in [6.07, 6.45) is 1.46. The van der Waals surface area contributed by atoms with Crippen molar-refractivity contribution in [1.82, 2.24) is 9.03 Å². The van der Waals surface area contributed by atoms with Crippen LogP contribution in [0.25, 0.3) is 0 Å². The molecule has 1 aliphatic heterocycles. The standard InChI is InChI=1S/C14H28N2O4S/c1-13(2,3)10-14(4,5)15-21(19,20)16-8-6-11(7-9-16)12(17)18/h11,15H,6-10H2,1-5H3,(H,17,18). The number of hydrogen-bond donors (Lipinski definition) is 2. The minimum atomic E-state index is -3.57. The van der Waals surface area contributed by atoms with E-state index in [1.807, 2.05) is 13.8 Å². The molecule has 2 N–H and O–H groups in total. The number of aliphatic carboxylic acids is 1. The Hall–Kier alpha value is -0.660. The molecule has 124 valence electrons. The lowest BCUT2D eigenvalue weighted by molar-refractivity contribution is -0.142. The van der Waals surface area contributed by atoms with Gasteiger partial charge in [0, 0.05) is 18.6 Å². The normalized spacial score (nSPS) is 19.7. The van der Waals surface area contributed by atoms with Crippen LogP contribution >= 0.6 is 0 Å². The molecule has 0 aromatic rings. The molecule has 0 radical (unpaired) electrons. The van der Waals surface area contributed by atoms with Crippen LogP contribution in [0, 0.1) is 11.3 Å². The Morgan fingerprint density at radius 2 is 1.67 bits per heavy atom. The molecule has 1 saturated heterocycles. The predicted molar refractivity (Wildman–Crippen MR) is 82.1 cm³/mol. The highest BCUT2D eigenvalue weighted by molar-refractivity contribution is 7.87. The van der Waals surface area contributed by atoms with E-state index in [0.29, 0.717) is 19.3 Å². The maximum atomic E-state index is 12.4. The van der Waals surface area contributed by atoms with Crippen LogP contribution in [0.1, 0.15) is 53.9 Å². The Morgan fingerprint density at radius 3 is 2.05 bits per heavy atom. The fourth-order valence-electron chi connectivity index (χ4n) is 3.12. The van der Waals surface area contributed by atoms with Crippen molar-refractivity contribution in [3.05, 3.63) is 0 Å². The zero-order valence-corrected chi connectivity index (χ0v) is 14.5. The third-order valence-corrected chi connectivity index (χ3v) is 5.38. The smallest absolute Gasteiger partial charge is 0.306 e. The Bertz CT molecular complexity index is 472. The SMILES string of the molecule is CC(C)(C)CC(C)(C)NS(=O)(=O)N1CCC(C(=O)O)CC1. The highest BCUT2D eigenvalue weighted by Crippen LogP contribution is 2.28. The van der Waals surface area contributed by atoms with Gasteiger partial charge in [0.1, 0.15) is 0 Å². The molecule has 0 unspecified atom stereocenters. The average molecular weight is 320 g/mol. The highest BCUT2D eigenvalue weighted by Gasteiger charge is 2.35. The number of carboxylic acid groups (broad SMARTS) is 1. The van der Waals surface area contributed by atoms with Gasteiger partial charge in [-0.25, -0.2) is 0 Å². The molecule has 1 aliphatic rings. The van der Waals surface area contributed by atoms with Crippen molar-refractivity contribution in [1.29, 1.82) is 0 Å². The summed E-state index contributed by atoms with van der Waals surface area (Å²) < 4.78 is 29.0. The Kier molecular flexibility index (Phi) is 5.45. The predicted octanol–water partition coefficient (Wildman–Crippen LogP) is 1.83. The highest BCUT2D eigenvalue weighted by atomic mass is 32.2. The molecule has 1 heterocycles. The average Bonchev–Trinajstić information content (AvgIpc) is 2.24. The summed E-state index contributed by atoms with van der Waals surface area (Å²) in [5, 5.41) is 8.96. The Morgan fingerprint density at radius 1 is 1.19 bits per heavy atom. The maximum absolute atomic E-state index is 12.4. The van der Waals surface area contributed by atoms with Gasteiger partial charge in [0.05, 0.1) is 5.92 Å². The van der Waals surface area contributed by atoms with E-state index in [-0.39, 0.29) is 18.5 Å². The monoisotopic (exact) mass is 320 g/mol. The van der Waals surface area contributed by atoms with Crippen molar-refractivity contribution in [3.63, 3.8) is 0 Å². The molecule has 0 saturated carbocycles. The molecule has 0 aromatic carbocycles. The molecular weight excluding hydrogens is 292 g/mol. The van der Waals surface area contributed by atoms with E-state index in [1.165, 1.54) is 4.31 Å². The summed E-state index contributed by atoms with van der Waals surface area (Å²) in [4.78, 5) is 10.9. The molecule has 0 bridgehead atoms. The zero-order valence-electron chi connectivity index (χ0n) is 13.6. The van der Waals surface area contributed by atoms with Gasteiger partial charge in [0.25, 0.3) is 10.2 Å². The molecule has 0 aromatic heterocycles. The molecule has 6 nitrogen and oxygen atoms in total. The minimum Gasteiger partial charge on any atom is -0.481 e. The molecule has 0 amide bonds. The lowest BCUT2D eigenvalue weighted by atomic mass is 9.82. The summed E-state index contributed by atoms with van der Waals surface area (Å²) in [6.45, 7) is 10.5. The number of nitrogens with one attached hydrogen (secondary N) is 1. The van der Waals surface area contributed by atoms with E-state index >= 15 is 0 Å².